The fraction of sp³-hybridized carbons (Fsp3) is 0.217. The van der Waals surface area contributed by atoms with Crippen molar-refractivity contribution in [2.75, 3.05) is 31.1 Å². The van der Waals surface area contributed by atoms with E-state index in [0.29, 0.717) is 13.1 Å². The van der Waals surface area contributed by atoms with Crippen LogP contribution in [-0.4, -0.2) is 56.7 Å². The molecule has 2 aromatic heterocycles. The van der Waals surface area contributed by atoms with Crippen LogP contribution in [0.15, 0.2) is 67.1 Å². The number of carbonyl (C=O) groups excluding carboxylic acids is 1. The van der Waals surface area contributed by atoms with E-state index in [9.17, 15) is 4.79 Å². The summed E-state index contributed by atoms with van der Waals surface area (Å²) >= 11 is 0. The van der Waals surface area contributed by atoms with Gasteiger partial charge in [-0.1, -0.05) is 36.4 Å². The van der Waals surface area contributed by atoms with Crippen molar-refractivity contribution in [2.24, 2.45) is 0 Å². The number of anilines is 1. The first kappa shape index (κ1) is 18.3. The lowest BCUT2D eigenvalue weighted by atomic mass is 10.0. The van der Waals surface area contributed by atoms with E-state index in [1.807, 2.05) is 72.6 Å². The maximum Gasteiger partial charge on any atom is 0.254 e. The van der Waals surface area contributed by atoms with Gasteiger partial charge in [0.05, 0.1) is 5.69 Å². The van der Waals surface area contributed by atoms with Crippen molar-refractivity contribution in [1.82, 2.24) is 24.6 Å². The molecule has 1 saturated heterocycles. The smallest absolute Gasteiger partial charge is 0.254 e. The molecule has 0 radical (unpaired) electrons. The standard InChI is InChI=1S/C23H22N6O/c1-17-9-10-29(26-17)22-15-21(24-16-25-22)27-11-13-28(14-12-27)23(30)20-8-4-6-18-5-2-3-7-19(18)20/h2-10,15-16H,11-14H2,1H3. The molecule has 4 aromatic rings. The van der Waals surface area contributed by atoms with Crippen molar-refractivity contribution in [3.8, 4) is 5.82 Å². The van der Waals surface area contributed by atoms with E-state index in [4.69, 9.17) is 0 Å². The van der Waals surface area contributed by atoms with Gasteiger partial charge in [0, 0.05) is 44.0 Å². The topological polar surface area (TPSA) is 67.2 Å². The van der Waals surface area contributed by atoms with Gasteiger partial charge < -0.3 is 9.80 Å². The minimum absolute atomic E-state index is 0.0850. The van der Waals surface area contributed by atoms with Crippen molar-refractivity contribution < 1.29 is 4.79 Å². The van der Waals surface area contributed by atoms with Gasteiger partial charge in [0.25, 0.3) is 5.91 Å². The Morgan fingerprint density at radius 3 is 2.47 bits per heavy atom. The molecular formula is C23H22N6O. The Balaban J connectivity index is 1.31. The number of piperazine rings is 1. The van der Waals surface area contributed by atoms with E-state index in [2.05, 4.69) is 20.0 Å². The zero-order chi connectivity index (χ0) is 20.5. The molecule has 1 fully saturated rings. The minimum atomic E-state index is 0.0850. The van der Waals surface area contributed by atoms with Crippen LogP contribution in [0, 0.1) is 6.92 Å². The van der Waals surface area contributed by atoms with Gasteiger partial charge in [0.2, 0.25) is 0 Å². The Morgan fingerprint density at radius 1 is 0.900 bits per heavy atom. The Bertz CT molecular complexity index is 1200. The second-order valence-corrected chi connectivity index (χ2v) is 7.44. The highest BCUT2D eigenvalue weighted by Gasteiger charge is 2.24. The van der Waals surface area contributed by atoms with Crippen LogP contribution < -0.4 is 4.90 Å². The highest BCUT2D eigenvalue weighted by Crippen LogP contribution is 2.22. The van der Waals surface area contributed by atoms with Gasteiger partial charge in [-0.15, -0.1) is 0 Å². The van der Waals surface area contributed by atoms with Gasteiger partial charge in [-0.25, -0.2) is 14.6 Å². The van der Waals surface area contributed by atoms with Gasteiger partial charge >= 0.3 is 0 Å². The lowest BCUT2D eigenvalue weighted by molar-refractivity contribution is 0.0748. The number of aromatic nitrogens is 4. The van der Waals surface area contributed by atoms with Gasteiger partial charge in [0.15, 0.2) is 5.82 Å². The SMILES string of the molecule is Cc1ccn(-c2cc(N3CCN(C(=O)c4cccc5ccccc45)CC3)ncn2)n1. The van der Waals surface area contributed by atoms with Gasteiger partial charge in [0.1, 0.15) is 12.1 Å². The van der Waals surface area contributed by atoms with Crippen LogP contribution in [0.4, 0.5) is 5.82 Å². The lowest BCUT2D eigenvalue weighted by Gasteiger charge is -2.35. The molecule has 1 aliphatic rings. The van der Waals surface area contributed by atoms with Crippen molar-refractivity contribution in [1.29, 1.82) is 0 Å². The van der Waals surface area contributed by atoms with E-state index < -0.39 is 0 Å². The fourth-order valence-electron chi connectivity index (χ4n) is 3.90. The molecule has 1 amide bonds. The number of hydrogen-bond acceptors (Lipinski definition) is 5. The monoisotopic (exact) mass is 398 g/mol. The molecular weight excluding hydrogens is 376 g/mol. The molecule has 3 heterocycles. The van der Waals surface area contributed by atoms with Crippen molar-refractivity contribution in [2.45, 2.75) is 6.92 Å². The average Bonchev–Trinajstić information content (AvgIpc) is 3.25. The summed E-state index contributed by atoms with van der Waals surface area (Å²) in [5.74, 6) is 1.68. The van der Waals surface area contributed by atoms with Crippen LogP contribution in [0.5, 0.6) is 0 Å². The van der Waals surface area contributed by atoms with Crippen molar-refractivity contribution in [3.63, 3.8) is 0 Å². The number of rotatable bonds is 3. The summed E-state index contributed by atoms with van der Waals surface area (Å²) in [6.45, 7) is 4.71. The van der Waals surface area contributed by atoms with Crippen LogP contribution in [0.3, 0.4) is 0 Å². The molecule has 0 bridgehead atoms. The molecule has 0 N–H and O–H groups in total. The molecule has 0 aliphatic carbocycles. The lowest BCUT2D eigenvalue weighted by Crippen LogP contribution is -2.49. The number of carbonyl (C=O) groups is 1. The first-order valence-electron chi connectivity index (χ1n) is 10.1. The predicted molar refractivity (Wildman–Crippen MR) is 116 cm³/mol. The minimum Gasteiger partial charge on any atom is -0.353 e. The van der Waals surface area contributed by atoms with Gasteiger partial charge in [-0.05, 0) is 29.8 Å². The number of fused-ring (bicyclic) bond motifs is 1. The normalized spacial score (nSPS) is 14.3. The van der Waals surface area contributed by atoms with Crippen LogP contribution in [0.25, 0.3) is 16.6 Å². The third-order valence-electron chi connectivity index (χ3n) is 5.51. The number of hydrogen-bond donors (Lipinski definition) is 0. The van der Waals surface area contributed by atoms with E-state index in [-0.39, 0.29) is 5.91 Å². The Morgan fingerprint density at radius 2 is 1.67 bits per heavy atom. The molecule has 0 unspecified atom stereocenters. The number of benzene rings is 2. The molecule has 1 aliphatic heterocycles. The van der Waals surface area contributed by atoms with E-state index in [1.165, 1.54) is 0 Å². The number of nitrogens with zero attached hydrogens (tertiary/aromatic N) is 6. The van der Waals surface area contributed by atoms with Crippen LogP contribution in [0.1, 0.15) is 16.1 Å². The Kier molecular flexibility index (Phi) is 4.63. The molecule has 0 saturated carbocycles. The molecule has 7 heteroatoms. The van der Waals surface area contributed by atoms with E-state index >= 15 is 0 Å². The van der Waals surface area contributed by atoms with Crippen molar-refractivity contribution >= 4 is 22.5 Å². The molecule has 5 rings (SSSR count). The van der Waals surface area contributed by atoms with Crippen LogP contribution in [0.2, 0.25) is 0 Å². The molecule has 7 nitrogen and oxygen atoms in total. The first-order chi connectivity index (χ1) is 14.7. The summed E-state index contributed by atoms with van der Waals surface area (Å²) in [6.07, 6.45) is 3.46. The highest BCUT2D eigenvalue weighted by molar-refractivity contribution is 6.07. The summed E-state index contributed by atoms with van der Waals surface area (Å²) in [4.78, 5) is 26.0. The van der Waals surface area contributed by atoms with Gasteiger partial charge in [-0.2, -0.15) is 5.10 Å². The second kappa shape index (κ2) is 7.59. The predicted octanol–water partition coefficient (Wildman–Crippen LogP) is 3.09. The van der Waals surface area contributed by atoms with E-state index in [0.717, 1.165) is 46.8 Å². The van der Waals surface area contributed by atoms with Crippen LogP contribution >= 0.6 is 0 Å². The maximum atomic E-state index is 13.2. The maximum absolute atomic E-state index is 13.2. The quantitative estimate of drug-likeness (QED) is 0.531. The summed E-state index contributed by atoms with van der Waals surface area (Å²) in [5, 5.41) is 6.51. The number of amides is 1. The summed E-state index contributed by atoms with van der Waals surface area (Å²) < 4.78 is 1.75. The highest BCUT2D eigenvalue weighted by atomic mass is 16.2. The van der Waals surface area contributed by atoms with E-state index in [1.54, 1.807) is 11.0 Å². The Labute approximate surface area is 174 Å². The molecule has 2 aromatic carbocycles. The molecule has 150 valence electrons. The molecule has 0 spiro atoms. The first-order valence-corrected chi connectivity index (χ1v) is 10.1. The zero-order valence-electron chi connectivity index (χ0n) is 16.8. The third kappa shape index (κ3) is 3.39. The fourth-order valence-corrected chi connectivity index (χ4v) is 3.90. The molecule has 30 heavy (non-hydrogen) atoms. The Hall–Kier alpha value is -3.74. The van der Waals surface area contributed by atoms with Crippen LogP contribution in [-0.2, 0) is 0 Å². The number of aryl methyl sites for hydroxylation is 1. The van der Waals surface area contributed by atoms with Crippen molar-refractivity contribution in [3.05, 3.63) is 78.4 Å². The summed E-state index contributed by atoms with van der Waals surface area (Å²) in [7, 11) is 0. The largest absolute Gasteiger partial charge is 0.353 e. The van der Waals surface area contributed by atoms with Gasteiger partial charge in [-0.3, -0.25) is 4.79 Å². The molecule has 0 atom stereocenters. The average molecular weight is 398 g/mol. The second-order valence-electron chi connectivity index (χ2n) is 7.44. The summed E-state index contributed by atoms with van der Waals surface area (Å²) in [5.41, 5.74) is 1.70. The third-order valence-corrected chi connectivity index (χ3v) is 5.51. The zero-order valence-corrected chi connectivity index (χ0v) is 16.8. The summed E-state index contributed by atoms with van der Waals surface area (Å²) in [6, 6.07) is 17.8.